The Kier molecular flexibility index (Phi) is 5.98. The fourth-order valence-electron chi connectivity index (χ4n) is 4.49. The van der Waals surface area contributed by atoms with E-state index >= 15 is 0 Å². The summed E-state index contributed by atoms with van der Waals surface area (Å²) >= 11 is 0. The highest BCUT2D eigenvalue weighted by Gasteiger charge is 2.34. The van der Waals surface area contributed by atoms with Gasteiger partial charge >= 0.3 is 0 Å². The topological polar surface area (TPSA) is 103 Å². The molecule has 2 aromatic rings. The van der Waals surface area contributed by atoms with Gasteiger partial charge in [-0.1, -0.05) is 30.3 Å². The van der Waals surface area contributed by atoms with E-state index in [4.69, 9.17) is 0 Å². The maximum Gasteiger partial charge on any atom is 0.254 e. The van der Waals surface area contributed by atoms with Gasteiger partial charge in [-0.05, 0) is 38.2 Å². The quantitative estimate of drug-likeness (QED) is 0.776. The van der Waals surface area contributed by atoms with Gasteiger partial charge in [0.05, 0.1) is 30.5 Å². The molecule has 0 aliphatic carbocycles. The van der Waals surface area contributed by atoms with Gasteiger partial charge in [-0.2, -0.15) is 4.31 Å². The number of hydrogen-bond acceptors (Lipinski definition) is 5. The first-order chi connectivity index (χ1) is 14.8. The lowest BCUT2D eigenvalue weighted by molar-refractivity contribution is -0.136. The Hall–Kier alpha value is -2.52. The summed E-state index contributed by atoms with van der Waals surface area (Å²) in [6.45, 7) is 2.87. The van der Waals surface area contributed by atoms with Gasteiger partial charge in [0.1, 0.15) is 5.82 Å². The van der Waals surface area contributed by atoms with Gasteiger partial charge in [-0.15, -0.1) is 0 Å². The molecule has 166 valence electrons. The van der Waals surface area contributed by atoms with Crippen LogP contribution >= 0.6 is 0 Å². The highest BCUT2D eigenvalue weighted by molar-refractivity contribution is 7.88. The Morgan fingerprint density at radius 1 is 1.19 bits per heavy atom. The molecule has 0 spiro atoms. The third kappa shape index (κ3) is 4.43. The molecule has 1 aromatic carbocycles. The Labute approximate surface area is 182 Å². The van der Waals surface area contributed by atoms with Crippen LogP contribution in [-0.4, -0.2) is 52.8 Å². The molecule has 3 heterocycles. The molecule has 1 N–H and O–H groups in total. The second-order valence-corrected chi connectivity index (χ2v) is 10.4. The van der Waals surface area contributed by atoms with Gasteiger partial charge in [-0.3, -0.25) is 9.59 Å². The number of likely N-dealkylation sites (tertiary alicyclic amines) is 1. The number of aromatic nitrogens is 2. The largest absolute Gasteiger partial charge is 0.332 e. The Morgan fingerprint density at radius 2 is 1.94 bits per heavy atom. The second-order valence-electron chi connectivity index (χ2n) is 8.40. The summed E-state index contributed by atoms with van der Waals surface area (Å²) in [5, 5.41) is 0. The van der Waals surface area contributed by atoms with Crippen LogP contribution in [0.25, 0.3) is 0 Å². The minimum absolute atomic E-state index is 0.00836. The number of carbonyl (C=O) groups is 1. The predicted octanol–water partition coefficient (Wildman–Crippen LogP) is 1.94. The number of carbonyl (C=O) groups excluding carboxylic acids is 1. The Morgan fingerprint density at radius 3 is 2.65 bits per heavy atom. The number of fused-ring (bicyclic) bond motifs is 1. The number of nitrogens with one attached hydrogen (secondary N) is 1. The van der Waals surface area contributed by atoms with Crippen molar-refractivity contribution >= 4 is 15.9 Å². The zero-order chi connectivity index (χ0) is 22.2. The van der Waals surface area contributed by atoms with E-state index in [-0.39, 0.29) is 36.5 Å². The summed E-state index contributed by atoms with van der Waals surface area (Å²) in [4.78, 5) is 35.5. The van der Waals surface area contributed by atoms with Crippen LogP contribution in [0.1, 0.15) is 60.8 Å². The molecule has 1 amide bonds. The van der Waals surface area contributed by atoms with Crippen LogP contribution in [-0.2, 0) is 27.8 Å². The van der Waals surface area contributed by atoms with Gasteiger partial charge in [0.15, 0.2) is 0 Å². The standard InChI is InChI=1S/C22H28N4O4S/c1-15(16-8-4-3-5-9-16)22(28)26-12-7-6-10-19(26)20-23-18-14-25(31(2,29)30)13-11-17(18)21(27)24-20/h3-5,8-9,15,19H,6-7,10-14H2,1-2H3,(H,23,24,27). The molecule has 0 bridgehead atoms. The zero-order valence-corrected chi connectivity index (χ0v) is 18.7. The van der Waals surface area contributed by atoms with Crippen molar-refractivity contribution in [2.24, 2.45) is 0 Å². The maximum absolute atomic E-state index is 13.4. The molecule has 1 saturated heterocycles. The molecular weight excluding hydrogens is 416 g/mol. The fourth-order valence-corrected chi connectivity index (χ4v) is 5.27. The maximum atomic E-state index is 13.4. The molecule has 8 nitrogen and oxygen atoms in total. The van der Waals surface area contributed by atoms with Gasteiger partial charge in [0, 0.05) is 18.7 Å². The van der Waals surface area contributed by atoms with Crippen molar-refractivity contribution in [2.45, 2.75) is 51.1 Å². The van der Waals surface area contributed by atoms with Crippen LogP contribution in [0.3, 0.4) is 0 Å². The molecule has 2 aliphatic rings. The average molecular weight is 445 g/mol. The van der Waals surface area contributed by atoms with Crippen LogP contribution in [0.15, 0.2) is 35.1 Å². The highest BCUT2D eigenvalue weighted by atomic mass is 32.2. The molecule has 9 heteroatoms. The normalized spacial score (nSPS) is 20.8. The Balaban J connectivity index is 1.65. The average Bonchev–Trinajstić information content (AvgIpc) is 2.77. The molecule has 2 unspecified atom stereocenters. The number of piperidine rings is 1. The lowest BCUT2D eigenvalue weighted by Gasteiger charge is -2.37. The van der Waals surface area contributed by atoms with Crippen LogP contribution in [0, 0.1) is 0 Å². The summed E-state index contributed by atoms with van der Waals surface area (Å²) in [5.41, 5.74) is 1.74. The molecule has 4 rings (SSSR count). The van der Waals surface area contributed by atoms with Crippen LogP contribution < -0.4 is 5.56 Å². The number of amides is 1. The van der Waals surface area contributed by atoms with Crippen molar-refractivity contribution in [1.82, 2.24) is 19.2 Å². The minimum Gasteiger partial charge on any atom is -0.332 e. The SMILES string of the molecule is CC(C(=O)N1CCCCC1c1nc2c(c(=O)[nH]1)CCN(S(C)(=O)=O)C2)c1ccccc1. The third-order valence-electron chi connectivity index (χ3n) is 6.30. The first kappa shape index (κ1) is 21.7. The van der Waals surface area contributed by atoms with E-state index in [2.05, 4.69) is 9.97 Å². The molecule has 0 radical (unpaired) electrons. The monoisotopic (exact) mass is 444 g/mol. The number of H-pyrrole nitrogens is 1. The fraction of sp³-hybridized carbons (Fsp3) is 0.500. The molecule has 2 aliphatic heterocycles. The number of rotatable bonds is 4. The summed E-state index contributed by atoms with van der Waals surface area (Å²) < 4.78 is 25.3. The summed E-state index contributed by atoms with van der Waals surface area (Å²) in [6.07, 6.45) is 4.05. The van der Waals surface area contributed by atoms with E-state index in [0.717, 1.165) is 18.4 Å². The number of aromatic amines is 1. The molecule has 0 saturated carbocycles. The van der Waals surface area contributed by atoms with Crippen molar-refractivity contribution in [3.8, 4) is 0 Å². The first-order valence-corrected chi connectivity index (χ1v) is 12.5. The van der Waals surface area contributed by atoms with Crippen molar-refractivity contribution in [3.05, 3.63) is 63.3 Å². The van der Waals surface area contributed by atoms with E-state index in [9.17, 15) is 18.0 Å². The number of nitrogens with zero attached hydrogens (tertiary/aromatic N) is 3. The summed E-state index contributed by atoms with van der Waals surface area (Å²) in [7, 11) is -3.37. The molecular formula is C22H28N4O4S. The van der Waals surface area contributed by atoms with E-state index in [1.165, 1.54) is 10.6 Å². The Bertz CT molecular complexity index is 1130. The van der Waals surface area contributed by atoms with Crippen LogP contribution in [0.4, 0.5) is 0 Å². The lowest BCUT2D eigenvalue weighted by Crippen LogP contribution is -2.43. The van der Waals surface area contributed by atoms with E-state index in [1.54, 1.807) is 0 Å². The van der Waals surface area contributed by atoms with Crippen molar-refractivity contribution in [3.63, 3.8) is 0 Å². The van der Waals surface area contributed by atoms with E-state index in [1.807, 2.05) is 42.2 Å². The van der Waals surface area contributed by atoms with Crippen LogP contribution in [0.2, 0.25) is 0 Å². The second kappa shape index (κ2) is 8.55. The zero-order valence-electron chi connectivity index (χ0n) is 17.9. The number of hydrogen-bond donors (Lipinski definition) is 1. The molecule has 1 aromatic heterocycles. The lowest BCUT2D eigenvalue weighted by atomic mass is 9.95. The van der Waals surface area contributed by atoms with Gasteiger partial charge in [-0.25, -0.2) is 13.4 Å². The summed E-state index contributed by atoms with van der Waals surface area (Å²) in [6, 6.07) is 9.33. The van der Waals surface area contributed by atoms with Crippen LogP contribution in [0.5, 0.6) is 0 Å². The number of benzene rings is 1. The minimum atomic E-state index is -3.37. The highest BCUT2D eigenvalue weighted by Crippen LogP contribution is 2.32. The summed E-state index contributed by atoms with van der Waals surface area (Å²) in [5.74, 6) is 0.160. The molecule has 1 fully saturated rings. The molecule has 31 heavy (non-hydrogen) atoms. The predicted molar refractivity (Wildman–Crippen MR) is 117 cm³/mol. The smallest absolute Gasteiger partial charge is 0.254 e. The number of sulfonamides is 1. The van der Waals surface area contributed by atoms with Gasteiger partial charge < -0.3 is 9.88 Å². The molecule has 2 atom stereocenters. The van der Waals surface area contributed by atoms with Gasteiger partial charge in [0.2, 0.25) is 15.9 Å². The van der Waals surface area contributed by atoms with E-state index < -0.39 is 10.0 Å². The van der Waals surface area contributed by atoms with Crippen molar-refractivity contribution in [1.29, 1.82) is 0 Å². The van der Waals surface area contributed by atoms with Crippen molar-refractivity contribution < 1.29 is 13.2 Å². The van der Waals surface area contributed by atoms with E-state index in [0.29, 0.717) is 36.5 Å². The third-order valence-corrected chi connectivity index (χ3v) is 7.55. The first-order valence-electron chi connectivity index (χ1n) is 10.7. The van der Waals surface area contributed by atoms with Crippen molar-refractivity contribution in [2.75, 3.05) is 19.3 Å². The van der Waals surface area contributed by atoms with Gasteiger partial charge in [0.25, 0.3) is 5.56 Å².